The maximum atomic E-state index is 11.9. The predicted octanol–water partition coefficient (Wildman–Crippen LogP) is 3.22. The summed E-state index contributed by atoms with van der Waals surface area (Å²) in [5, 5.41) is 3.26. The van der Waals surface area contributed by atoms with E-state index in [2.05, 4.69) is 5.32 Å². The van der Waals surface area contributed by atoms with E-state index in [1.165, 1.54) is 0 Å². The lowest BCUT2D eigenvalue weighted by Gasteiger charge is -2.26. The third-order valence-corrected chi connectivity index (χ3v) is 6.61. The van der Waals surface area contributed by atoms with E-state index in [1.807, 2.05) is 34.6 Å². The summed E-state index contributed by atoms with van der Waals surface area (Å²) < 4.78 is 5.32. The number of carbonyl (C=O) groups is 3. The van der Waals surface area contributed by atoms with Gasteiger partial charge in [0.25, 0.3) is 0 Å². The molecular weight excluding hydrogens is 380 g/mol. The summed E-state index contributed by atoms with van der Waals surface area (Å²) in [4.78, 5) is 36.7. The molecule has 28 heavy (non-hydrogen) atoms. The first-order valence-electron chi connectivity index (χ1n) is 10.3. The van der Waals surface area contributed by atoms with Crippen LogP contribution in [0.3, 0.4) is 0 Å². The van der Waals surface area contributed by atoms with Crippen LogP contribution in [-0.4, -0.2) is 54.3 Å². The van der Waals surface area contributed by atoms with Crippen LogP contribution in [-0.2, 0) is 14.3 Å². The van der Waals surface area contributed by atoms with Gasteiger partial charge in [0.1, 0.15) is 17.2 Å². The molecule has 2 saturated heterocycles. The number of nitrogens with zero attached hydrogens (tertiary/aromatic N) is 1. The SMILES string of the molecule is CCC(=O)[C@@]12C[C@@H]1CN(C(=O)OC(C)(C)C)C2.CCC(=O)[C@]12CNC[C@H]1C2.Cl. The van der Waals surface area contributed by atoms with Crippen LogP contribution in [0.4, 0.5) is 4.79 Å². The minimum absolute atomic E-state index is 0. The summed E-state index contributed by atoms with van der Waals surface area (Å²) in [7, 11) is 0. The molecule has 0 aromatic heterocycles. The zero-order valence-electron chi connectivity index (χ0n) is 17.8. The quantitative estimate of drug-likeness (QED) is 0.764. The van der Waals surface area contributed by atoms with Gasteiger partial charge in [-0.25, -0.2) is 4.79 Å². The average Bonchev–Trinajstić information content (AvgIpc) is 3.41. The molecule has 0 aromatic rings. The second-order valence-corrected chi connectivity index (χ2v) is 9.66. The van der Waals surface area contributed by atoms with Crippen LogP contribution < -0.4 is 5.32 Å². The maximum Gasteiger partial charge on any atom is 0.410 e. The predicted molar refractivity (Wildman–Crippen MR) is 110 cm³/mol. The van der Waals surface area contributed by atoms with Crippen molar-refractivity contribution in [1.29, 1.82) is 0 Å². The van der Waals surface area contributed by atoms with Gasteiger partial charge in [0.15, 0.2) is 0 Å². The monoisotopic (exact) mass is 414 g/mol. The van der Waals surface area contributed by atoms with Crippen molar-refractivity contribution in [3.8, 4) is 0 Å². The lowest BCUT2D eigenvalue weighted by Crippen LogP contribution is -2.38. The van der Waals surface area contributed by atoms with Crippen LogP contribution in [0.15, 0.2) is 0 Å². The summed E-state index contributed by atoms with van der Waals surface area (Å²) in [6.45, 7) is 12.7. The number of amides is 1. The molecule has 2 aliphatic carbocycles. The van der Waals surface area contributed by atoms with Gasteiger partial charge in [0.05, 0.1) is 5.41 Å². The Labute approximate surface area is 174 Å². The van der Waals surface area contributed by atoms with Crippen molar-refractivity contribution < 1.29 is 19.1 Å². The lowest BCUT2D eigenvalue weighted by atomic mass is 9.98. The average molecular weight is 415 g/mol. The number of piperidine rings is 2. The molecule has 2 heterocycles. The molecule has 4 aliphatic rings. The Balaban J connectivity index is 0.000000217. The summed E-state index contributed by atoms with van der Waals surface area (Å²) >= 11 is 0. The Morgan fingerprint density at radius 1 is 1.04 bits per heavy atom. The summed E-state index contributed by atoms with van der Waals surface area (Å²) in [6, 6.07) is 0. The van der Waals surface area contributed by atoms with Crippen molar-refractivity contribution in [3.63, 3.8) is 0 Å². The molecular formula is C21H35ClN2O4. The van der Waals surface area contributed by atoms with Crippen LogP contribution in [0, 0.1) is 22.7 Å². The molecule has 0 bridgehead atoms. The van der Waals surface area contributed by atoms with Crippen molar-refractivity contribution in [2.24, 2.45) is 22.7 Å². The standard InChI is InChI=1S/C13H21NO3.C8H13NO.ClH/c1-5-10(15)13-6-9(13)7-14(8-13)11(16)17-12(2,3)4;1-2-7(10)8-3-6(8)4-9-5-8;/h9H,5-8H2,1-4H3;6,9H,2-5H2,1H3;1H/t9-,13-;6-,8-;/m11./s1. The number of rotatable bonds is 4. The smallest absolute Gasteiger partial charge is 0.410 e. The van der Waals surface area contributed by atoms with Gasteiger partial charge in [-0.2, -0.15) is 0 Å². The number of halogens is 1. The molecule has 7 heteroatoms. The number of hydrogen-bond donors (Lipinski definition) is 1. The highest BCUT2D eigenvalue weighted by Crippen LogP contribution is 2.59. The fourth-order valence-electron chi connectivity index (χ4n) is 4.86. The number of carbonyl (C=O) groups excluding carboxylic acids is 3. The summed E-state index contributed by atoms with van der Waals surface area (Å²) in [5.74, 6) is 1.85. The molecule has 1 amide bonds. The second kappa shape index (κ2) is 7.94. The Bertz CT molecular complexity index is 647. The summed E-state index contributed by atoms with van der Waals surface area (Å²) in [6.07, 6.45) is 3.12. The van der Waals surface area contributed by atoms with Crippen LogP contribution in [0.5, 0.6) is 0 Å². The molecule has 0 spiro atoms. The summed E-state index contributed by atoms with van der Waals surface area (Å²) in [5.41, 5.74) is -0.563. The third kappa shape index (κ3) is 4.23. The highest BCUT2D eigenvalue weighted by molar-refractivity contribution is 5.90. The number of likely N-dealkylation sites (tertiary alicyclic amines) is 1. The van der Waals surface area contributed by atoms with Crippen molar-refractivity contribution in [1.82, 2.24) is 10.2 Å². The van der Waals surface area contributed by atoms with Gasteiger partial charge in [-0.05, 0) is 52.0 Å². The highest BCUT2D eigenvalue weighted by Gasteiger charge is 2.65. The number of hydrogen-bond acceptors (Lipinski definition) is 5. The number of Topliss-reactive ketones (excluding diaryl/α,β-unsaturated/α-hetero) is 2. The largest absolute Gasteiger partial charge is 0.444 e. The zero-order valence-corrected chi connectivity index (χ0v) is 18.6. The minimum Gasteiger partial charge on any atom is -0.444 e. The maximum absolute atomic E-state index is 11.9. The van der Waals surface area contributed by atoms with Crippen LogP contribution in [0.25, 0.3) is 0 Å². The van der Waals surface area contributed by atoms with E-state index >= 15 is 0 Å². The molecule has 4 fully saturated rings. The van der Waals surface area contributed by atoms with Crippen molar-refractivity contribution >= 4 is 30.1 Å². The molecule has 0 radical (unpaired) electrons. The first-order chi connectivity index (χ1) is 12.6. The topological polar surface area (TPSA) is 75.7 Å². The van der Waals surface area contributed by atoms with E-state index in [1.54, 1.807) is 4.90 Å². The van der Waals surface area contributed by atoms with E-state index in [9.17, 15) is 14.4 Å². The fourth-order valence-corrected chi connectivity index (χ4v) is 4.86. The number of fused-ring (bicyclic) bond motifs is 2. The molecule has 2 saturated carbocycles. The van der Waals surface area contributed by atoms with Gasteiger partial charge < -0.3 is 15.0 Å². The van der Waals surface area contributed by atoms with E-state index in [0.29, 0.717) is 42.9 Å². The van der Waals surface area contributed by atoms with Crippen molar-refractivity contribution in [3.05, 3.63) is 0 Å². The van der Waals surface area contributed by atoms with Crippen molar-refractivity contribution in [2.45, 2.75) is 65.9 Å². The van der Waals surface area contributed by atoms with Crippen LogP contribution >= 0.6 is 12.4 Å². The zero-order chi connectivity index (χ0) is 20.0. The van der Waals surface area contributed by atoms with Gasteiger partial charge in [-0.1, -0.05) is 13.8 Å². The molecule has 4 atom stereocenters. The number of ketones is 2. The molecule has 160 valence electrons. The first-order valence-corrected chi connectivity index (χ1v) is 10.3. The van der Waals surface area contributed by atoms with E-state index in [0.717, 1.165) is 32.4 Å². The number of ether oxygens (including phenoxy) is 1. The third-order valence-electron chi connectivity index (χ3n) is 6.61. The Kier molecular flexibility index (Phi) is 6.56. The fraction of sp³-hybridized carbons (Fsp3) is 0.857. The van der Waals surface area contributed by atoms with Crippen LogP contribution in [0.2, 0.25) is 0 Å². The van der Waals surface area contributed by atoms with Crippen molar-refractivity contribution in [2.75, 3.05) is 26.2 Å². The van der Waals surface area contributed by atoms with Gasteiger partial charge >= 0.3 is 6.09 Å². The van der Waals surface area contributed by atoms with Gasteiger partial charge in [-0.3, -0.25) is 9.59 Å². The van der Waals surface area contributed by atoms with Gasteiger partial charge in [0.2, 0.25) is 0 Å². The molecule has 6 nitrogen and oxygen atoms in total. The van der Waals surface area contributed by atoms with E-state index in [4.69, 9.17) is 4.74 Å². The van der Waals surface area contributed by atoms with Gasteiger partial charge in [-0.15, -0.1) is 12.4 Å². The minimum atomic E-state index is -0.466. The highest BCUT2D eigenvalue weighted by atomic mass is 35.5. The molecule has 2 aliphatic heterocycles. The molecule has 0 aromatic carbocycles. The first kappa shape index (κ1) is 23.1. The Morgan fingerprint density at radius 2 is 1.61 bits per heavy atom. The van der Waals surface area contributed by atoms with Gasteiger partial charge in [0, 0.05) is 37.9 Å². The normalized spacial score (nSPS) is 34.2. The molecule has 4 rings (SSSR count). The van der Waals surface area contributed by atoms with Crippen LogP contribution in [0.1, 0.15) is 60.3 Å². The van der Waals surface area contributed by atoms with E-state index in [-0.39, 0.29) is 29.3 Å². The lowest BCUT2D eigenvalue weighted by molar-refractivity contribution is -0.124. The molecule has 0 unspecified atom stereocenters. The van der Waals surface area contributed by atoms with E-state index < -0.39 is 5.60 Å². The Morgan fingerprint density at radius 3 is 2.07 bits per heavy atom. The molecule has 1 N–H and O–H groups in total. The second-order valence-electron chi connectivity index (χ2n) is 9.66. The Hall–Kier alpha value is -1.14. The number of nitrogens with one attached hydrogen (secondary N) is 1.